The molecule has 0 fully saturated rings. The zero-order valence-corrected chi connectivity index (χ0v) is 38.4. The molecule has 0 aliphatic heterocycles. The topological polar surface area (TPSA) is 42.4 Å². The van der Waals surface area contributed by atoms with Gasteiger partial charge in [0.15, 0.2) is 0 Å². The molecule has 0 radical (unpaired) electrons. The summed E-state index contributed by atoms with van der Waals surface area (Å²) in [5.41, 5.74) is 13.5. The molecule has 0 bridgehead atoms. The van der Waals surface area contributed by atoms with E-state index in [1.54, 1.807) is 19.5 Å². The average Bonchev–Trinajstić information content (AvgIpc) is 3.91. The van der Waals surface area contributed by atoms with Gasteiger partial charge in [-0.05, 0) is 101 Å². The quantitative estimate of drug-likeness (QED) is 0.187. The average molecular weight is 918 g/mol. The lowest BCUT2D eigenvalue weighted by molar-refractivity contribution is 0.417. The maximum atomic E-state index is 11.2. The Morgan fingerprint density at radius 1 is 0.406 bits per heavy atom. The number of nitrogens with zero attached hydrogens (tertiary/aromatic N) is 1. The summed E-state index contributed by atoms with van der Waals surface area (Å²) < 4.78 is 5.99. The maximum absolute atomic E-state index is 11.2. The second kappa shape index (κ2) is 19.5. The Kier molecular flexibility index (Phi) is 13.0. The molecule has 338 valence electrons. The Morgan fingerprint density at radius 2 is 0.754 bits per heavy atom. The lowest BCUT2D eigenvalue weighted by Crippen LogP contribution is -2.28. The fourth-order valence-electron chi connectivity index (χ4n) is 11.1. The van der Waals surface area contributed by atoms with E-state index in [0.717, 1.165) is 27.8 Å². The second-order valence-corrected chi connectivity index (χ2v) is 17.0. The molecule has 13 rings (SSSR count). The van der Waals surface area contributed by atoms with E-state index in [2.05, 4.69) is 223 Å². The van der Waals surface area contributed by atoms with Gasteiger partial charge in [0, 0.05) is 24.9 Å². The fourth-order valence-corrected chi connectivity index (χ4v) is 11.1. The summed E-state index contributed by atoms with van der Waals surface area (Å²) in [6.07, 6.45) is 3.50. The van der Waals surface area contributed by atoms with Gasteiger partial charge in [-0.15, -0.1) is 12.4 Å². The summed E-state index contributed by atoms with van der Waals surface area (Å²) >= 11 is 0. The lowest BCUT2D eigenvalue weighted by Gasteiger charge is -2.34. The second-order valence-electron chi connectivity index (χ2n) is 17.0. The number of halogens is 1. The van der Waals surface area contributed by atoms with Gasteiger partial charge in [-0.2, -0.15) is 0 Å². The van der Waals surface area contributed by atoms with Crippen molar-refractivity contribution < 1.29 is 11.3 Å². The smallest absolute Gasteiger partial charge is 0.127 e. The van der Waals surface area contributed by atoms with Crippen molar-refractivity contribution in [2.75, 3.05) is 7.11 Å². The van der Waals surface area contributed by atoms with Crippen LogP contribution in [0.3, 0.4) is 0 Å². The summed E-state index contributed by atoms with van der Waals surface area (Å²) in [5, 5.41) is 15.9. The van der Waals surface area contributed by atoms with E-state index in [0.29, 0.717) is 5.75 Å². The van der Waals surface area contributed by atoms with Crippen molar-refractivity contribution >= 4 is 34.0 Å². The predicted octanol–water partition coefficient (Wildman–Crippen LogP) is 16.5. The Bertz CT molecular complexity index is 3410. The summed E-state index contributed by atoms with van der Waals surface area (Å²) in [7, 11) is 1.78. The number of phenolic OH excluding ortho intramolecular Hbond substituents is 1. The van der Waals surface area contributed by atoms with Crippen molar-refractivity contribution in [2.24, 2.45) is 0 Å². The molecule has 0 saturated heterocycles. The van der Waals surface area contributed by atoms with Gasteiger partial charge >= 0.3 is 0 Å². The Morgan fingerprint density at radius 3 is 1.16 bits per heavy atom. The first-order valence-electron chi connectivity index (χ1n) is 22.8. The molecule has 0 saturated carbocycles. The van der Waals surface area contributed by atoms with E-state index in [4.69, 9.17) is 4.74 Å². The molecule has 2 aliphatic carbocycles. The van der Waals surface area contributed by atoms with Crippen LogP contribution in [0.5, 0.6) is 11.5 Å². The number of benzene rings is 10. The van der Waals surface area contributed by atoms with E-state index < -0.39 is 10.8 Å². The molecule has 3 nitrogen and oxygen atoms in total. The van der Waals surface area contributed by atoms with Crippen LogP contribution in [0.25, 0.3) is 43.8 Å². The van der Waals surface area contributed by atoms with Crippen molar-refractivity contribution in [1.82, 2.24) is 4.98 Å². The van der Waals surface area contributed by atoms with E-state index >= 15 is 0 Å². The Hall–Kier alpha value is -8.24. The number of aromatic nitrogens is 1. The van der Waals surface area contributed by atoms with Crippen LogP contribution >= 0.6 is 12.4 Å². The fraction of sp³-hybridized carbons (Fsp3) is 0.0615. The number of ether oxygens (including phenoxy) is 1. The number of hydrogen-bond donors (Lipinski definition) is 1. The standard InChI is InChI=1S/C30H22O.C29H20O.C5H5N.CH4.ClH.H2/c1-31-27-20-21-12-8-9-17-24(21)29-28(27)25-18-10-11-19-26(25)30(29,22-13-4-2-5-14-22)23-15-6-3-7-16-23;30-26-19-20-11-7-8-16-23(20)28-27(26)24-17-9-10-18-25(24)29(28,21-12-3-1-4-13-21)22-14-5-2-6-15-22;1-2-4-6-5-3-1;;;/h2-20H,1H3;1-19,30H;1-5H;1H4;2*1H/i;;;;;1+1. The molecule has 69 heavy (non-hydrogen) atoms. The minimum atomic E-state index is -0.493. The summed E-state index contributed by atoms with van der Waals surface area (Å²) in [4.78, 5) is 3.78. The highest BCUT2D eigenvalue weighted by Crippen LogP contribution is 2.62. The van der Waals surface area contributed by atoms with Crippen molar-refractivity contribution in [1.29, 1.82) is 0 Å². The van der Waals surface area contributed by atoms with E-state index in [1.165, 1.54) is 66.2 Å². The molecule has 1 aromatic heterocycles. The zero-order valence-electron chi connectivity index (χ0n) is 37.5. The van der Waals surface area contributed by atoms with Gasteiger partial charge in [0.1, 0.15) is 11.5 Å². The predicted molar refractivity (Wildman–Crippen MR) is 291 cm³/mol. The van der Waals surface area contributed by atoms with Crippen molar-refractivity contribution in [3.05, 3.63) is 306 Å². The third-order valence-corrected chi connectivity index (χ3v) is 13.6. The first-order chi connectivity index (χ1) is 33.2. The monoisotopic (exact) mass is 916 g/mol. The molecule has 4 heteroatoms. The molecular formula is C65H54ClNO2. The SMILES string of the molecule is C.COc1cc2ccccc2c2c1-c1ccccc1C2(c1ccccc1)c1ccccc1.Cl.Oc1cc2ccccc2c2c1-c1ccccc1C2(c1ccccc1)c1ccccc1.[2HH].c1ccncc1. The van der Waals surface area contributed by atoms with Crippen LogP contribution in [0.4, 0.5) is 0 Å². The van der Waals surface area contributed by atoms with Crippen LogP contribution in [0.2, 0.25) is 0 Å². The van der Waals surface area contributed by atoms with Crippen LogP contribution in [0.1, 0.15) is 53.4 Å². The van der Waals surface area contributed by atoms with E-state index in [1.807, 2.05) is 30.3 Å². The number of hydrogen-bond acceptors (Lipinski definition) is 3. The first kappa shape index (κ1) is 45.9. The van der Waals surface area contributed by atoms with Crippen LogP contribution in [-0.2, 0) is 10.8 Å². The normalized spacial score (nSPS) is 12.8. The maximum Gasteiger partial charge on any atom is 0.127 e. The zero-order chi connectivity index (χ0) is 45.2. The number of rotatable bonds is 5. The van der Waals surface area contributed by atoms with Gasteiger partial charge in [0.05, 0.1) is 17.9 Å². The highest BCUT2D eigenvalue weighted by molar-refractivity contribution is 6.04. The number of pyridine rings is 1. The number of fused-ring (bicyclic) bond motifs is 10. The molecule has 11 aromatic rings. The van der Waals surface area contributed by atoms with Crippen molar-refractivity contribution in [3.8, 4) is 33.8 Å². The van der Waals surface area contributed by atoms with E-state index in [9.17, 15) is 5.11 Å². The van der Waals surface area contributed by atoms with Gasteiger partial charge in [-0.25, -0.2) is 0 Å². The largest absolute Gasteiger partial charge is 0.507 e. The molecule has 0 atom stereocenters. The third kappa shape index (κ3) is 7.43. The van der Waals surface area contributed by atoms with Gasteiger partial charge < -0.3 is 9.84 Å². The van der Waals surface area contributed by atoms with Crippen molar-refractivity contribution in [3.63, 3.8) is 0 Å². The minimum absolute atomic E-state index is 0. The summed E-state index contributed by atoms with van der Waals surface area (Å²) in [6.45, 7) is 0. The molecule has 0 spiro atoms. The molecule has 0 unspecified atom stereocenters. The van der Waals surface area contributed by atoms with Crippen LogP contribution in [0, 0.1) is 0 Å². The number of phenols is 1. The number of methoxy groups -OCH3 is 1. The lowest BCUT2D eigenvalue weighted by atomic mass is 9.66. The third-order valence-electron chi connectivity index (χ3n) is 13.6. The summed E-state index contributed by atoms with van der Waals surface area (Å²) in [6, 6.07) is 87.3. The Labute approximate surface area is 412 Å². The van der Waals surface area contributed by atoms with Crippen LogP contribution in [-0.4, -0.2) is 17.2 Å². The summed E-state index contributed by atoms with van der Waals surface area (Å²) in [5.74, 6) is 1.26. The molecule has 1 N–H and O–H groups in total. The van der Waals surface area contributed by atoms with Crippen LogP contribution < -0.4 is 4.74 Å². The Balaban J connectivity index is 0.000000162. The number of aromatic hydroxyl groups is 1. The van der Waals surface area contributed by atoms with Gasteiger partial charge in [-0.1, -0.05) is 232 Å². The van der Waals surface area contributed by atoms with Gasteiger partial charge in [-0.3, -0.25) is 4.98 Å². The molecule has 0 amide bonds. The van der Waals surface area contributed by atoms with E-state index in [-0.39, 0.29) is 21.3 Å². The highest BCUT2D eigenvalue weighted by atomic mass is 35.5. The minimum Gasteiger partial charge on any atom is -0.507 e. The van der Waals surface area contributed by atoms with Gasteiger partial charge in [0.2, 0.25) is 0 Å². The first-order valence-corrected chi connectivity index (χ1v) is 22.8. The van der Waals surface area contributed by atoms with Crippen LogP contribution in [0.15, 0.2) is 261 Å². The molecule has 1 heterocycles. The van der Waals surface area contributed by atoms with Gasteiger partial charge in [0.25, 0.3) is 0 Å². The molecule has 2 aliphatic rings. The van der Waals surface area contributed by atoms with Crippen molar-refractivity contribution in [2.45, 2.75) is 18.3 Å². The highest BCUT2D eigenvalue weighted by Gasteiger charge is 2.49. The molecule has 10 aromatic carbocycles. The molecular weight excluding hydrogens is 862 g/mol.